The molecule has 1 saturated carbocycles. The van der Waals surface area contributed by atoms with Gasteiger partial charge in [-0.2, -0.15) is 0 Å². The van der Waals surface area contributed by atoms with Crippen molar-refractivity contribution < 1.29 is 4.79 Å². The summed E-state index contributed by atoms with van der Waals surface area (Å²) in [5, 5.41) is 13.0. The van der Waals surface area contributed by atoms with Crippen LogP contribution in [0.5, 0.6) is 0 Å². The van der Waals surface area contributed by atoms with Crippen molar-refractivity contribution in [1.29, 1.82) is 0 Å². The predicted octanol–water partition coefficient (Wildman–Crippen LogP) is 5.78. The highest BCUT2D eigenvalue weighted by atomic mass is 35.5. The fraction of sp³-hybridized carbons (Fsp3) is 0.471. The smallest absolute Gasteiger partial charge is 0.234 e. The topological polar surface area (TPSA) is 59.8 Å². The number of nitrogens with one attached hydrogen (secondary N) is 1. The summed E-state index contributed by atoms with van der Waals surface area (Å²) in [5.41, 5.74) is 0.369. The normalized spacial score (nSPS) is 15.2. The fourth-order valence-corrected chi connectivity index (χ4v) is 4.94. The van der Waals surface area contributed by atoms with Crippen LogP contribution in [0.1, 0.15) is 44.0 Å². The van der Waals surface area contributed by atoms with Gasteiger partial charge in [0.25, 0.3) is 0 Å². The molecule has 2 aromatic rings. The molecule has 1 N–H and O–H groups in total. The van der Waals surface area contributed by atoms with Crippen LogP contribution in [0, 0.1) is 6.92 Å². The quantitative estimate of drug-likeness (QED) is 0.607. The van der Waals surface area contributed by atoms with Gasteiger partial charge in [0.1, 0.15) is 5.82 Å². The molecule has 0 bridgehead atoms. The first-order valence-electron chi connectivity index (χ1n) is 8.44. The van der Waals surface area contributed by atoms with Crippen LogP contribution < -0.4 is 5.32 Å². The molecule has 1 aliphatic rings. The lowest BCUT2D eigenvalue weighted by Gasteiger charge is -2.24. The largest absolute Gasteiger partial charge is 0.323 e. The van der Waals surface area contributed by atoms with E-state index in [1.807, 2.05) is 6.92 Å². The first kappa shape index (κ1) is 19.8. The summed E-state index contributed by atoms with van der Waals surface area (Å²) in [6.45, 7) is 1.96. The van der Waals surface area contributed by atoms with E-state index >= 15 is 0 Å². The molecule has 1 aromatic heterocycles. The van der Waals surface area contributed by atoms with E-state index in [0.717, 1.165) is 23.8 Å². The molecule has 1 fully saturated rings. The Kier molecular flexibility index (Phi) is 6.72. The van der Waals surface area contributed by atoms with E-state index in [1.165, 1.54) is 31.0 Å². The molecule has 0 unspecified atom stereocenters. The maximum Gasteiger partial charge on any atom is 0.234 e. The molecule has 9 heteroatoms. The molecule has 1 amide bonds. The molecule has 26 heavy (non-hydrogen) atoms. The third-order valence-corrected chi connectivity index (χ3v) is 6.14. The monoisotopic (exact) mass is 432 g/mol. The zero-order valence-electron chi connectivity index (χ0n) is 14.3. The number of hydrogen-bond acceptors (Lipinski definition) is 4. The van der Waals surface area contributed by atoms with Crippen LogP contribution in [0.3, 0.4) is 0 Å². The number of aromatic nitrogens is 3. The van der Waals surface area contributed by atoms with Crippen molar-refractivity contribution in [2.24, 2.45) is 0 Å². The number of rotatable bonds is 5. The predicted molar refractivity (Wildman–Crippen MR) is 108 cm³/mol. The molecular weight excluding hydrogens is 415 g/mol. The lowest BCUT2D eigenvalue weighted by molar-refractivity contribution is -0.113. The number of thioether (sulfide) groups is 1. The number of hydrogen-bond donors (Lipinski definition) is 1. The zero-order chi connectivity index (χ0) is 18.7. The zero-order valence-corrected chi connectivity index (χ0v) is 17.4. The maximum atomic E-state index is 12.3. The average Bonchev–Trinajstić information content (AvgIpc) is 2.97. The number of carbonyl (C=O) groups excluding carboxylic acids is 1. The minimum atomic E-state index is -0.211. The molecule has 140 valence electrons. The third-order valence-electron chi connectivity index (χ3n) is 4.38. The second kappa shape index (κ2) is 8.83. The van der Waals surface area contributed by atoms with Crippen LogP contribution in [0.25, 0.3) is 0 Å². The highest BCUT2D eigenvalue weighted by Crippen LogP contribution is 2.35. The molecule has 1 aliphatic carbocycles. The van der Waals surface area contributed by atoms with Gasteiger partial charge in [0.15, 0.2) is 5.16 Å². The van der Waals surface area contributed by atoms with E-state index in [9.17, 15) is 4.79 Å². The lowest BCUT2D eigenvalue weighted by atomic mass is 9.95. The second-order valence-corrected chi connectivity index (χ2v) is 8.47. The van der Waals surface area contributed by atoms with Crippen molar-refractivity contribution in [2.45, 2.75) is 50.2 Å². The van der Waals surface area contributed by atoms with E-state index < -0.39 is 0 Å². The van der Waals surface area contributed by atoms with Crippen LogP contribution in [0.15, 0.2) is 17.3 Å². The second-order valence-electron chi connectivity index (χ2n) is 6.27. The number of benzene rings is 1. The maximum absolute atomic E-state index is 12.3. The highest BCUT2D eigenvalue weighted by molar-refractivity contribution is 7.99. The van der Waals surface area contributed by atoms with Gasteiger partial charge in [-0.1, -0.05) is 65.8 Å². The third kappa shape index (κ3) is 4.66. The Balaban J connectivity index is 1.65. The summed E-state index contributed by atoms with van der Waals surface area (Å²) < 4.78 is 2.17. The van der Waals surface area contributed by atoms with Crippen molar-refractivity contribution in [3.8, 4) is 0 Å². The SMILES string of the molecule is Cc1nnc(SCC(=O)Nc2c(Cl)cc(Cl)cc2Cl)n1C1CCCCC1. The van der Waals surface area contributed by atoms with Gasteiger partial charge in [-0.25, -0.2) is 0 Å². The van der Waals surface area contributed by atoms with Crippen molar-refractivity contribution in [3.05, 3.63) is 33.0 Å². The van der Waals surface area contributed by atoms with Gasteiger partial charge < -0.3 is 9.88 Å². The Bertz CT molecular complexity index is 782. The summed E-state index contributed by atoms with van der Waals surface area (Å²) in [5.74, 6) is 0.876. The Morgan fingerprint density at radius 1 is 1.19 bits per heavy atom. The number of carbonyl (C=O) groups is 1. The lowest BCUT2D eigenvalue weighted by Crippen LogP contribution is -2.17. The highest BCUT2D eigenvalue weighted by Gasteiger charge is 2.22. The number of anilines is 1. The summed E-state index contributed by atoms with van der Waals surface area (Å²) in [6, 6.07) is 3.51. The minimum absolute atomic E-state index is 0.195. The molecular formula is C17H19Cl3N4OS. The molecule has 0 atom stereocenters. The Hall–Kier alpha value is -0.950. The van der Waals surface area contributed by atoms with Gasteiger partial charge >= 0.3 is 0 Å². The van der Waals surface area contributed by atoms with E-state index in [2.05, 4.69) is 20.1 Å². The van der Waals surface area contributed by atoms with Gasteiger partial charge in [0, 0.05) is 11.1 Å². The van der Waals surface area contributed by atoms with Gasteiger partial charge in [-0.3, -0.25) is 4.79 Å². The van der Waals surface area contributed by atoms with Crippen molar-refractivity contribution >= 4 is 58.2 Å². The molecule has 5 nitrogen and oxygen atoms in total. The van der Waals surface area contributed by atoms with Gasteiger partial charge in [-0.15, -0.1) is 10.2 Å². The molecule has 0 spiro atoms. The van der Waals surface area contributed by atoms with E-state index in [-0.39, 0.29) is 11.7 Å². The fourth-order valence-electron chi connectivity index (χ4n) is 3.18. The van der Waals surface area contributed by atoms with Crippen LogP contribution in [0.2, 0.25) is 15.1 Å². The first-order chi connectivity index (χ1) is 12.5. The minimum Gasteiger partial charge on any atom is -0.323 e. The van der Waals surface area contributed by atoms with E-state index in [0.29, 0.717) is 26.8 Å². The van der Waals surface area contributed by atoms with Gasteiger partial charge in [0.05, 0.1) is 21.5 Å². The number of nitrogens with zero attached hydrogens (tertiary/aromatic N) is 3. The summed E-state index contributed by atoms with van der Waals surface area (Å²) >= 11 is 19.5. The average molecular weight is 434 g/mol. The number of halogens is 3. The summed E-state index contributed by atoms with van der Waals surface area (Å²) in [7, 11) is 0. The van der Waals surface area contributed by atoms with E-state index in [4.69, 9.17) is 34.8 Å². The molecule has 3 rings (SSSR count). The standard InChI is InChI=1S/C17H19Cl3N4OS/c1-10-22-23-17(24(10)12-5-3-2-4-6-12)26-9-15(25)21-16-13(19)7-11(18)8-14(16)20/h7-8,12H,2-6,9H2,1H3,(H,21,25). The summed E-state index contributed by atoms with van der Waals surface area (Å²) in [4.78, 5) is 12.3. The van der Waals surface area contributed by atoms with Crippen molar-refractivity contribution in [1.82, 2.24) is 14.8 Å². The van der Waals surface area contributed by atoms with E-state index in [1.54, 1.807) is 12.1 Å². The molecule has 0 saturated heterocycles. The molecule has 1 aromatic carbocycles. The first-order valence-corrected chi connectivity index (χ1v) is 10.6. The number of aryl methyl sites for hydroxylation is 1. The molecule has 0 aliphatic heterocycles. The number of amides is 1. The van der Waals surface area contributed by atoms with Gasteiger partial charge in [-0.05, 0) is 31.9 Å². The van der Waals surface area contributed by atoms with Crippen LogP contribution >= 0.6 is 46.6 Å². The summed E-state index contributed by atoms with van der Waals surface area (Å²) in [6.07, 6.45) is 6.00. The van der Waals surface area contributed by atoms with Crippen LogP contribution in [-0.4, -0.2) is 26.4 Å². The van der Waals surface area contributed by atoms with Crippen molar-refractivity contribution in [3.63, 3.8) is 0 Å². The van der Waals surface area contributed by atoms with Crippen LogP contribution in [0.4, 0.5) is 5.69 Å². The van der Waals surface area contributed by atoms with Crippen molar-refractivity contribution in [2.75, 3.05) is 11.1 Å². The Morgan fingerprint density at radius 2 is 1.85 bits per heavy atom. The Labute approximate surface area is 171 Å². The Morgan fingerprint density at radius 3 is 2.50 bits per heavy atom. The van der Waals surface area contributed by atoms with Gasteiger partial charge in [0.2, 0.25) is 5.91 Å². The van der Waals surface area contributed by atoms with Crippen LogP contribution in [-0.2, 0) is 4.79 Å². The molecule has 0 radical (unpaired) electrons. The molecule has 1 heterocycles.